The van der Waals surface area contributed by atoms with Crippen LogP contribution in [-0.2, 0) is 4.79 Å². The number of amides is 1. The van der Waals surface area contributed by atoms with E-state index in [1.165, 1.54) is 11.8 Å². The summed E-state index contributed by atoms with van der Waals surface area (Å²) in [6.45, 7) is 3.95. The van der Waals surface area contributed by atoms with E-state index in [1.54, 1.807) is 0 Å². The Hall–Kier alpha value is -3.88. The number of hydrogen-bond acceptors (Lipinski definition) is 4. The number of carbonyl (C=O) groups is 1. The highest BCUT2D eigenvalue weighted by atomic mass is 32.2. The molecule has 1 amide bonds. The molecule has 0 aliphatic heterocycles. The lowest BCUT2D eigenvalue weighted by Crippen LogP contribution is -2.16. The maximum Gasteiger partial charge on any atom is 0.234 e. The molecule has 3 aromatic carbocycles. The van der Waals surface area contributed by atoms with E-state index in [2.05, 4.69) is 11.4 Å². The number of nitriles is 1. The number of nitrogens with one attached hydrogen (secondary N) is 1. The highest BCUT2D eigenvalue weighted by molar-refractivity contribution is 8.00. The first-order chi connectivity index (χ1) is 16.1. The van der Waals surface area contributed by atoms with Gasteiger partial charge in [0.2, 0.25) is 5.91 Å². The van der Waals surface area contributed by atoms with Crippen molar-refractivity contribution in [2.45, 2.75) is 18.9 Å². The molecule has 0 saturated heterocycles. The van der Waals surface area contributed by atoms with Gasteiger partial charge in [0, 0.05) is 16.8 Å². The van der Waals surface area contributed by atoms with E-state index in [4.69, 9.17) is 4.98 Å². The number of aryl methyl sites for hydroxylation is 2. The number of hydrogen-bond donors (Lipinski definition) is 1. The second-order valence-electron chi connectivity index (χ2n) is 7.68. The number of pyridine rings is 1. The van der Waals surface area contributed by atoms with Crippen LogP contribution < -0.4 is 5.32 Å². The molecule has 1 heterocycles. The van der Waals surface area contributed by atoms with Crippen molar-refractivity contribution in [3.05, 3.63) is 102 Å². The molecule has 0 spiro atoms. The lowest BCUT2D eigenvalue weighted by atomic mass is 9.99. The lowest BCUT2D eigenvalue weighted by Gasteiger charge is -2.14. The van der Waals surface area contributed by atoms with Crippen molar-refractivity contribution in [3.63, 3.8) is 0 Å². The molecule has 0 aliphatic rings. The number of benzene rings is 3. The van der Waals surface area contributed by atoms with Crippen molar-refractivity contribution in [1.82, 2.24) is 4.98 Å². The summed E-state index contributed by atoms with van der Waals surface area (Å²) in [5, 5.41) is 13.6. The van der Waals surface area contributed by atoms with Crippen LogP contribution in [-0.4, -0.2) is 16.6 Å². The standard InChI is InChI=1S/C28H23N3OS/c1-19-10-9-11-20(2)27(19)31-26(32)18-33-28-24(17-29)23(21-12-5-3-6-13-21)16-25(30-28)22-14-7-4-8-15-22/h3-16H,18H2,1-2H3,(H,31,32). The Bertz CT molecular complexity index is 1310. The SMILES string of the molecule is Cc1cccc(C)c1NC(=O)CSc1nc(-c2ccccc2)cc(-c2ccccc2)c1C#N. The Balaban J connectivity index is 1.68. The first-order valence-electron chi connectivity index (χ1n) is 10.6. The molecule has 0 aliphatic carbocycles. The Kier molecular flexibility index (Phi) is 6.87. The van der Waals surface area contributed by atoms with E-state index in [0.29, 0.717) is 10.6 Å². The summed E-state index contributed by atoms with van der Waals surface area (Å²) >= 11 is 1.28. The topological polar surface area (TPSA) is 65.8 Å². The maximum atomic E-state index is 12.8. The molecule has 4 aromatic rings. The summed E-state index contributed by atoms with van der Waals surface area (Å²) in [5.41, 5.74) is 6.82. The zero-order valence-corrected chi connectivity index (χ0v) is 19.3. The van der Waals surface area contributed by atoms with Crippen LogP contribution in [0.4, 0.5) is 5.69 Å². The minimum absolute atomic E-state index is 0.130. The summed E-state index contributed by atoms with van der Waals surface area (Å²) < 4.78 is 0. The summed E-state index contributed by atoms with van der Waals surface area (Å²) in [6, 6.07) is 29.8. The molecule has 0 fully saturated rings. The van der Waals surface area contributed by atoms with E-state index in [9.17, 15) is 10.1 Å². The highest BCUT2D eigenvalue weighted by Crippen LogP contribution is 2.34. The molecule has 0 atom stereocenters. The van der Waals surface area contributed by atoms with Gasteiger partial charge < -0.3 is 5.32 Å². The highest BCUT2D eigenvalue weighted by Gasteiger charge is 2.17. The fourth-order valence-electron chi connectivity index (χ4n) is 3.66. The minimum atomic E-state index is -0.130. The van der Waals surface area contributed by atoms with Gasteiger partial charge in [-0.2, -0.15) is 5.26 Å². The van der Waals surface area contributed by atoms with Crippen molar-refractivity contribution in [3.8, 4) is 28.5 Å². The molecule has 0 saturated carbocycles. The predicted octanol–water partition coefficient (Wildman–Crippen LogP) is 6.63. The third kappa shape index (κ3) is 5.14. The molecule has 0 unspecified atom stereocenters. The van der Waals surface area contributed by atoms with Crippen molar-refractivity contribution in [1.29, 1.82) is 5.26 Å². The van der Waals surface area contributed by atoms with Gasteiger partial charge in [-0.3, -0.25) is 4.79 Å². The summed E-state index contributed by atoms with van der Waals surface area (Å²) in [5.74, 6) is 0.0246. The second-order valence-corrected chi connectivity index (χ2v) is 8.65. The smallest absolute Gasteiger partial charge is 0.234 e. The molecule has 5 heteroatoms. The summed E-state index contributed by atoms with van der Waals surface area (Å²) in [7, 11) is 0. The fraction of sp³-hybridized carbons (Fsp3) is 0.107. The van der Waals surface area contributed by atoms with Gasteiger partial charge in [-0.25, -0.2) is 4.98 Å². The number of nitrogens with zero attached hydrogens (tertiary/aromatic N) is 2. The molecule has 162 valence electrons. The van der Waals surface area contributed by atoms with Gasteiger partial charge in [-0.1, -0.05) is 90.6 Å². The van der Waals surface area contributed by atoms with Crippen LogP contribution >= 0.6 is 11.8 Å². The number of para-hydroxylation sites is 1. The monoisotopic (exact) mass is 449 g/mol. The lowest BCUT2D eigenvalue weighted by molar-refractivity contribution is -0.113. The summed E-state index contributed by atoms with van der Waals surface area (Å²) in [4.78, 5) is 17.5. The third-order valence-electron chi connectivity index (χ3n) is 5.34. The molecule has 0 bridgehead atoms. The molecular weight excluding hydrogens is 426 g/mol. The van der Waals surface area contributed by atoms with Crippen LogP contribution in [0.15, 0.2) is 90.0 Å². The Morgan fingerprint density at radius 3 is 2.12 bits per heavy atom. The summed E-state index contributed by atoms with van der Waals surface area (Å²) in [6.07, 6.45) is 0. The van der Waals surface area contributed by atoms with Crippen LogP contribution in [0.2, 0.25) is 0 Å². The number of thioether (sulfide) groups is 1. The second kappa shape index (κ2) is 10.2. The molecule has 0 radical (unpaired) electrons. The van der Waals surface area contributed by atoms with Crippen LogP contribution in [0.25, 0.3) is 22.4 Å². The van der Waals surface area contributed by atoms with Crippen LogP contribution in [0.1, 0.15) is 16.7 Å². The average molecular weight is 450 g/mol. The van der Waals surface area contributed by atoms with E-state index in [1.807, 2.05) is 98.8 Å². The predicted molar refractivity (Wildman–Crippen MR) is 135 cm³/mol. The first kappa shape index (κ1) is 22.3. The van der Waals surface area contributed by atoms with Crippen molar-refractivity contribution in [2.24, 2.45) is 0 Å². The van der Waals surface area contributed by atoms with Crippen molar-refractivity contribution >= 4 is 23.4 Å². The van der Waals surface area contributed by atoms with Crippen molar-refractivity contribution in [2.75, 3.05) is 11.1 Å². The minimum Gasteiger partial charge on any atom is -0.325 e. The Morgan fingerprint density at radius 2 is 1.52 bits per heavy atom. The van der Waals surface area contributed by atoms with Crippen LogP contribution in [0.3, 0.4) is 0 Å². The molecule has 4 rings (SSSR count). The van der Waals surface area contributed by atoms with Gasteiger partial charge in [-0.15, -0.1) is 0 Å². The van der Waals surface area contributed by atoms with Crippen molar-refractivity contribution < 1.29 is 4.79 Å². The van der Waals surface area contributed by atoms with Gasteiger partial charge in [0.25, 0.3) is 0 Å². The number of anilines is 1. The average Bonchev–Trinajstić information content (AvgIpc) is 2.85. The van der Waals surface area contributed by atoms with E-state index < -0.39 is 0 Å². The molecular formula is C28H23N3OS. The molecule has 33 heavy (non-hydrogen) atoms. The van der Waals surface area contributed by atoms with Crippen LogP contribution in [0.5, 0.6) is 0 Å². The quantitative estimate of drug-likeness (QED) is 0.335. The van der Waals surface area contributed by atoms with Gasteiger partial charge in [0.15, 0.2) is 0 Å². The van der Waals surface area contributed by atoms with Gasteiger partial charge in [0.1, 0.15) is 11.1 Å². The Labute approximate surface area is 198 Å². The normalized spacial score (nSPS) is 10.5. The van der Waals surface area contributed by atoms with Crippen LogP contribution in [0, 0.1) is 25.2 Å². The van der Waals surface area contributed by atoms with E-state index in [-0.39, 0.29) is 11.7 Å². The number of carbonyl (C=O) groups excluding carboxylic acids is 1. The van der Waals surface area contributed by atoms with Gasteiger partial charge in [0.05, 0.1) is 17.0 Å². The zero-order chi connectivity index (χ0) is 23.2. The van der Waals surface area contributed by atoms with E-state index >= 15 is 0 Å². The zero-order valence-electron chi connectivity index (χ0n) is 18.5. The van der Waals surface area contributed by atoms with Gasteiger partial charge in [-0.05, 0) is 36.6 Å². The number of rotatable bonds is 6. The largest absolute Gasteiger partial charge is 0.325 e. The maximum absolute atomic E-state index is 12.8. The molecule has 1 N–H and O–H groups in total. The van der Waals surface area contributed by atoms with Gasteiger partial charge >= 0.3 is 0 Å². The third-order valence-corrected chi connectivity index (χ3v) is 6.31. The Morgan fingerprint density at radius 1 is 0.909 bits per heavy atom. The molecule has 1 aromatic heterocycles. The first-order valence-corrected chi connectivity index (χ1v) is 11.6. The van der Waals surface area contributed by atoms with E-state index in [0.717, 1.165) is 39.2 Å². The fourth-order valence-corrected chi connectivity index (χ4v) is 4.46. The molecule has 4 nitrogen and oxygen atoms in total. The number of aromatic nitrogens is 1.